The van der Waals surface area contributed by atoms with Crippen molar-refractivity contribution in [2.45, 2.75) is 20.3 Å². The van der Waals surface area contributed by atoms with Gasteiger partial charge in [-0.3, -0.25) is 0 Å². The number of fused-ring (bicyclic) bond motifs is 1. The fraction of sp³-hybridized carbons (Fsp3) is 0.294. The lowest BCUT2D eigenvalue weighted by atomic mass is 9.93. The Morgan fingerprint density at radius 1 is 1.11 bits per heavy atom. The molecule has 19 heavy (non-hydrogen) atoms. The number of aryl methyl sites for hydroxylation is 1. The zero-order valence-electron chi connectivity index (χ0n) is 11.6. The SMILES string of the molecule is Cc1ccc(N2CC(C)Cc3ccccc32)c(N)c1. The van der Waals surface area contributed by atoms with Crippen LogP contribution in [-0.2, 0) is 6.42 Å². The van der Waals surface area contributed by atoms with Crippen LogP contribution in [0.25, 0.3) is 0 Å². The van der Waals surface area contributed by atoms with Gasteiger partial charge in [-0.05, 0) is 48.6 Å². The maximum atomic E-state index is 6.21. The quantitative estimate of drug-likeness (QED) is 0.780. The molecule has 1 aliphatic rings. The lowest BCUT2D eigenvalue weighted by Gasteiger charge is -2.35. The molecule has 2 N–H and O–H groups in total. The highest BCUT2D eigenvalue weighted by Gasteiger charge is 2.23. The molecule has 98 valence electrons. The van der Waals surface area contributed by atoms with Gasteiger partial charge in [0, 0.05) is 12.2 Å². The summed E-state index contributed by atoms with van der Waals surface area (Å²) in [7, 11) is 0. The third-order valence-corrected chi connectivity index (χ3v) is 3.82. The molecule has 1 heterocycles. The molecule has 0 saturated carbocycles. The highest BCUT2D eigenvalue weighted by atomic mass is 15.2. The zero-order chi connectivity index (χ0) is 13.4. The van der Waals surface area contributed by atoms with Gasteiger partial charge in [0.1, 0.15) is 0 Å². The summed E-state index contributed by atoms with van der Waals surface area (Å²) in [6, 6.07) is 15.0. The van der Waals surface area contributed by atoms with E-state index in [4.69, 9.17) is 5.73 Å². The summed E-state index contributed by atoms with van der Waals surface area (Å²) in [6.07, 6.45) is 1.15. The number of hydrogen-bond acceptors (Lipinski definition) is 2. The van der Waals surface area contributed by atoms with Crippen molar-refractivity contribution in [3.63, 3.8) is 0 Å². The van der Waals surface area contributed by atoms with Crippen LogP contribution in [0.15, 0.2) is 42.5 Å². The van der Waals surface area contributed by atoms with E-state index in [9.17, 15) is 0 Å². The Labute approximate surface area is 114 Å². The van der Waals surface area contributed by atoms with Crippen LogP contribution in [0.4, 0.5) is 17.1 Å². The molecule has 2 heteroatoms. The van der Waals surface area contributed by atoms with Gasteiger partial charge < -0.3 is 10.6 Å². The Bertz CT molecular complexity index is 604. The summed E-state index contributed by atoms with van der Waals surface area (Å²) in [4.78, 5) is 2.36. The van der Waals surface area contributed by atoms with E-state index >= 15 is 0 Å². The topological polar surface area (TPSA) is 29.3 Å². The highest BCUT2D eigenvalue weighted by Crippen LogP contribution is 2.37. The van der Waals surface area contributed by atoms with E-state index in [0.29, 0.717) is 5.92 Å². The van der Waals surface area contributed by atoms with Crippen molar-refractivity contribution in [3.05, 3.63) is 53.6 Å². The first kappa shape index (κ1) is 12.1. The van der Waals surface area contributed by atoms with Gasteiger partial charge in [-0.25, -0.2) is 0 Å². The second kappa shape index (κ2) is 4.61. The minimum Gasteiger partial charge on any atom is -0.397 e. The summed E-state index contributed by atoms with van der Waals surface area (Å²) in [5.41, 5.74) is 12.1. The van der Waals surface area contributed by atoms with E-state index in [1.165, 1.54) is 16.8 Å². The maximum absolute atomic E-state index is 6.21. The molecule has 0 aromatic heterocycles. The average molecular weight is 252 g/mol. The molecular weight excluding hydrogens is 232 g/mol. The van der Waals surface area contributed by atoms with Crippen LogP contribution in [0.5, 0.6) is 0 Å². The van der Waals surface area contributed by atoms with Gasteiger partial charge in [0.2, 0.25) is 0 Å². The van der Waals surface area contributed by atoms with Crippen LogP contribution in [-0.4, -0.2) is 6.54 Å². The minimum atomic E-state index is 0.649. The van der Waals surface area contributed by atoms with Gasteiger partial charge in [-0.1, -0.05) is 31.2 Å². The van der Waals surface area contributed by atoms with Gasteiger partial charge in [-0.15, -0.1) is 0 Å². The molecule has 2 nitrogen and oxygen atoms in total. The molecule has 0 spiro atoms. The van der Waals surface area contributed by atoms with Gasteiger partial charge in [-0.2, -0.15) is 0 Å². The van der Waals surface area contributed by atoms with Crippen molar-refractivity contribution in [1.82, 2.24) is 0 Å². The standard InChI is InChI=1S/C17H20N2/c1-12-7-8-17(15(18)10-12)19-11-13(2)9-14-5-3-4-6-16(14)19/h3-8,10,13H,9,11,18H2,1-2H3. The number of benzene rings is 2. The fourth-order valence-corrected chi connectivity index (χ4v) is 2.94. The van der Waals surface area contributed by atoms with E-state index in [1.807, 2.05) is 0 Å². The molecule has 0 aliphatic carbocycles. The monoisotopic (exact) mass is 252 g/mol. The molecule has 0 bridgehead atoms. The molecule has 1 unspecified atom stereocenters. The molecule has 1 atom stereocenters. The summed E-state index contributed by atoms with van der Waals surface area (Å²) in [6.45, 7) is 5.41. The summed E-state index contributed by atoms with van der Waals surface area (Å²) >= 11 is 0. The lowest BCUT2D eigenvalue weighted by Crippen LogP contribution is -2.30. The number of nitrogen functional groups attached to an aromatic ring is 1. The van der Waals surface area contributed by atoms with Gasteiger partial charge >= 0.3 is 0 Å². The van der Waals surface area contributed by atoms with Crippen LogP contribution < -0.4 is 10.6 Å². The van der Waals surface area contributed by atoms with E-state index in [2.05, 4.69) is 61.2 Å². The van der Waals surface area contributed by atoms with Gasteiger partial charge in [0.25, 0.3) is 0 Å². The first-order valence-corrected chi connectivity index (χ1v) is 6.86. The second-order valence-corrected chi connectivity index (χ2v) is 5.61. The molecule has 0 saturated heterocycles. The first-order chi connectivity index (χ1) is 9.15. The Hall–Kier alpha value is -1.96. The Balaban J connectivity index is 2.10. The van der Waals surface area contributed by atoms with Crippen LogP contribution in [0.2, 0.25) is 0 Å². The van der Waals surface area contributed by atoms with Crippen molar-refractivity contribution in [1.29, 1.82) is 0 Å². The molecule has 0 amide bonds. The number of para-hydroxylation sites is 1. The molecule has 2 aromatic rings. The third kappa shape index (κ3) is 2.19. The van der Waals surface area contributed by atoms with E-state index in [-0.39, 0.29) is 0 Å². The summed E-state index contributed by atoms with van der Waals surface area (Å²) in [5, 5.41) is 0. The normalized spacial score (nSPS) is 18.2. The van der Waals surface area contributed by atoms with Gasteiger partial charge in [0.15, 0.2) is 0 Å². The molecule has 1 aliphatic heterocycles. The fourth-order valence-electron chi connectivity index (χ4n) is 2.94. The van der Waals surface area contributed by atoms with Crippen LogP contribution in [0.1, 0.15) is 18.1 Å². The van der Waals surface area contributed by atoms with Crippen LogP contribution in [0.3, 0.4) is 0 Å². The van der Waals surface area contributed by atoms with Gasteiger partial charge in [0.05, 0.1) is 11.4 Å². The Morgan fingerprint density at radius 2 is 1.89 bits per heavy atom. The predicted octanol–water partition coefficient (Wildman–Crippen LogP) is 3.91. The lowest BCUT2D eigenvalue weighted by molar-refractivity contribution is 0.562. The molecule has 3 rings (SSSR count). The van der Waals surface area contributed by atoms with Crippen molar-refractivity contribution >= 4 is 17.1 Å². The van der Waals surface area contributed by atoms with Crippen LogP contribution >= 0.6 is 0 Å². The largest absolute Gasteiger partial charge is 0.397 e. The second-order valence-electron chi connectivity index (χ2n) is 5.61. The average Bonchev–Trinajstić information content (AvgIpc) is 2.38. The van der Waals surface area contributed by atoms with E-state index in [1.54, 1.807) is 0 Å². The summed E-state index contributed by atoms with van der Waals surface area (Å²) in [5.74, 6) is 0.649. The Morgan fingerprint density at radius 3 is 2.68 bits per heavy atom. The number of rotatable bonds is 1. The van der Waals surface area contributed by atoms with Crippen molar-refractivity contribution in [2.75, 3.05) is 17.2 Å². The van der Waals surface area contributed by atoms with Crippen molar-refractivity contribution in [3.8, 4) is 0 Å². The molecule has 2 aromatic carbocycles. The Kier molecular flexibility index (Phi) is 2.94. The number of nitrogens with zero attached hydrogens (tertiary/aromatic N) is 1. The number of anilines is 3. The smallest absolute Gasteiger partial charge is 0.0644 e. The first-order valence-electron chi connectivity index (χ1n) is 6.86. The molecule has 0 radical (unpaired) electrons. The number of nitrogens with two attached hydrogens (primary N) is 1. The predicted molar refractivity (Wildman–Crippen MR) is 81.9 cm³/mol. The van der Waals surface area contributed by atoms with E-state index < -0.39 is 0 Å². The van der Waals surface area contributed by atoms with E-state index in [0.717, 1.165) is 24.3 Å². The molecular formula is C17H20N2. The third-order valence-electron chi connectivity index (χ3n) is 3.82. The zero-order valence-corrected chi connectivity index (χ0v) is 11.6. The van der Waals surface area contributed by atoms with Crippen molar-refractivity contribution in [2.24, 2.45) is 5.92 Å². The van der Waals surface area contributed by atoms with Crippen LogP contribution in [0, 0.1) is 12.8 Å². The summed E-state index contributed by atoms with van der Waals surface area (Å²) < 4.78 is 0. The number of hydrogen-bond donors (Lipinski definition) is 1. The molecule has 0 fully saturated rings. The maximum Gasteiger partial charge on any atom is 0.0644 e. The highest BCUT2D eigenvalue weighted by molar-refractivity contribution is 5.77. The van der Waals surface area contributed by atoms with Crippen molar-refractivity contribution < 1.29 is 0 Å². The minimum absolute atomic E-state index is 0.649.